The summed E-state index contributed by atoms with van der Waals surface area (Å²) in [5.74, 6) is 3.50. The zero-order valence-electron chi connectivity index (χ0n) is 21.2. The molecule has 0 amide bonds. The molecule has 1 N–H and O–H groups in total. The van der Waals surface area contributed by atoms with Crippen LogP contribution in [0.1, 0.15) is 83.2 Å². The number of aliphatic hydroxyl groups is 1. The molecule has 0 spiro atoms. The molecule has 0 bridgehead atoms. The van der Waals surface area contributed by atoms with E-state index in [0.717, 1.165) is 49.0 Å². The van der Waals surface area contributed by atoms with Gasteiger partial charge in [-0.3, -0.25) is 0 Å². The molecule has 8 atom stereocenters. The van der Waals surface area contributed by atoms with Gasteiger partial charge in [0, 0.05) is 13.0 Å². The average molecular weight is 460 g/mol. The van der Waals surface area contributed by atoms with Crippen molar-refractivity contribution in [3.05, 3.63) is 11.8 Å². The lowest BCUT2D eigenvalue weighted by Gasteiger charge is -2.62. The monoisotopic (exact) mass is 459 g/mol. The zero-order chi connectivity index (χ0) is 22.9. The Bertz CT molecular complexity index is 844. The van der Waals surface area contributed by atoms with Crippen molar-refractivity contribution in [2.45, 2.75) is 103 Å². The number of aromatic nitrogens is 1. The van der Waals surface area contributed by atoms with Crippen LogP contribution in [0.5, 0.6) is 0 Å². The molecule has 0 unspecified atom stereocenters. The molecule has 4 saturated carbocycles. The van der Waals surface area contributed by atoms with Crippen molar-refractivity contribution in [3.8, 4) is 0 Å². The Balaban J connectivity index is 1.42. The molecule has 4 nitrogen and oxygen atoms in total. The van der Waals surface area contributed by atoms with Crippen molar-refractivity contribution >= 4 is 13.5 Å². The lowest BCUT2D eigenvalue weighted by atomic mass is 9.43. The van der Waals surface area contributed by atoms with Crippen LogP contribution in [0.4, 0.5) is 0 Å². The first-order chi connectivity index (χ1) is 15.0. The standard InChI is InChI=1S/C27H45NO3Si/c1-25(29)13-14-27(17-30-3)18(16-25)7-8-19-20-9-10-22(26(20,2)12-11-21(19)27)23-15-24(31-28-23)32(4,5)6/h15,18-22,29H,7-14,16-17H2,1-6H3/t18-,19+,20+,21+,22-,25-,26+,27-/m1/s1. The summed E-state index contributed by atoms with van der Waals surface area (Å²) in [6.45, 7) is 12.5. The fraction of sp³-hybridized carbons (Fsp3) is 0.889. The Kier molecular flexibility index (Phi) is 5.54. The van der Waals surface area contributed by atoms with Gasteiger partial charge in [0.25, 0.3) is 0 Å². The van der Waals surface area contributed by atoms with Gasteiger partial charge < -0.3 is 14.4 Å². The van der Waals surface area contributed by atoms with E-state index < -0.39 is 13.7 Å². The average Bonchev–Trinajstić information content (AvgIpc) is 3.32. The molecule has 4 aliphatic carbocycles. The molecule has 5 rings (SSSR count). The smallest absolute Gasteiger partial charge is 0.127 e. The maximum absolute atomic E-state index is 10.8. The highest BCUT2D eigenvalue weighted by molar-refractivity contribution is 6.87. The SMILES string of the molecule is COC[C@]12CC[C@@](C)(O)C[C@H]1CC[C@H]1[C@@H]3CC[C@H](c4cc([Si](C)(C)C)on4)[C@@]3(C)CC[C@@H]12. The third-order valence-electron chi connectivity index (χ3n) is 10.7. The predicted molar refractivity (Wildman–Crippen MR) is 131 cm³/mol. The quantitative estimate of drug-likeness (QED) is 0.585. The van der Waals surface area contributed by atoms with Crippen molar-refractivity contribution in [1.29, 1.82) is 0 Å². The van der Waals surface area contributed by atoms with E-state index >= 15 is 0 Å². The van der Waals surface area contributed by atoms with Crippen LogP contribution >= 0.6 is 0 Å². The molecule has 1 aromatic rings. The highest BCUT2D eigenvalue weighted by Gasteiger charge is 2.62. The molecule has 32 heavy (non-hydrogen) atoms. The number of rotatable bonds is 4. The Morgan fingerprint density at radius 2 is 1.84 bits per heavy atom. The predicted octanol–water partition coefficient (Wildman–Crippen LogP) is 5.72. The highest BCUT2D eigenvalue weighted by Crippen LogP contribution is 2.69. The van der Waals surface area contributed by atoms with Crippen LogP contribution in [0.25, 0.3) is 0 Å². The summed E-state index contributed by atoms with van der Waals surface area (Å²) in [7, 11) is 0.417. The summed E-state index contributed by atoms with van der Waals surface area (Å²) in [5.41, 5.74) is 1.37. The van der Waals surface area contributed by atoms with Gasteiger partial charge in [-0.05, 0) is 105 Å². The van der Waals surface area contributed by atoms with E-state index in [1.807, 2.05) is 7.11 Å². The zero-order valence-corrected chi connectivity index (χ0v) is 22.2. The Morgan fingerprint density at radius 3 is 2.53 bits per heavy atom. The van der Waals surface area contributed by atoms with E-state index in [-0.39, 0.29) is 5.41 Å². The number of fused-ring (bicyclic) bond motifs is 5. The van der Waals surface area contributed by atoms with Gasteiger partial charge >= 0.3 is 0 Å². The summed E-state index contributed by atoms with van der Waals surface area (Å²) >= 11 is 0. The van der Waals surface area contributed by atoms with Gasteiger partial charge in [0.1, 0.15) is 13.5 Å². The summed E-state index contributed by atoms with van der Waals surface area (Å²) in [6.07, 6.45) is 10.8. The summed E-state index contributed by atoms with van der Waals surface area (Å²) in [5, 5.41) is 16.6. The topological polar surface area (TPSA) is 55.5 Å². The molecule has 1 aromatic heterocycles. The van der Waals surface area contributed by atoms with Gasteiger partial charge in [0.15, 0.2) is 0 Å². The van der Waals surface area contributed by atoms with E-state index in [1.54, 1.807) is 0 Å². The molecule has 1 heterocycles. The molecule has 0 saturated heterocycles. The highest BCUT2D eigenvalue weighted by atomic mass is 28.3. The molecule has 4 aliphatic rings. The van der Waals surface area contributed by atoms with Crippen LogP contribution < -0.4 is 5.38 Å². The lowest BCUT2D eigenvalue weighted by molar-refractivity contribution is -0.172. The van der Waals surface area contributed by atoms with Crippen molar-refractivity contribution in [3.63, 3.8) is 0 Å². The second kappa shape index (κ2) is 7.68. The number of nitrogens with zero attached hydrogens (tertiary/aromatic N) is 1. The lowest BCUT2D eigenvalue weighted by Crippen LogP contribution is -2.58. The van der Waals surface area contributed by atoms with Crippen molar-refractivity contribution in [2.75, 3.05) is 13.7 Å². The Hall–Kier alpha value is -0.653. The second-order valence-corrected chi connectivity index (χ2v) is 18.6. The third kappa shape index (κ3) is 3.48. The largest absolute Gasteiger partial charge is 0.390 e. The first-order valence-electron chi connectivity index (χ1n) is 13.2. The van der Waals surface area contributed by atoms with E-state index in [4.69, 9.17) is 9.26 Å². The van der Waals surface area contributed by atoms with Gasteiger partial charge in [0.05, 0.1) is 17.9 Å². The maximum atomic E-state index is 10.8. The summed E-state index contributed by atoms with van der Waals surface area (Å²) in [6, 6.07) is 2.32. The van der Waals surface area contributed by atoms with Crippen LogP contribution in [-0.4, -0.2) is 37.7 Å². The minimum atomic E-state index is -1.47. The van der Waals surface area contributed by atoms with Crippen LogP contribution in [-0.2, 0) is 4.74 Å². The fourth-order valence-electron chi connectivity index (χ4n) is 9.08. The number of hydrogen-bond donors (Lipinski definition) is 1. The fourth-order valence-corrected chi connectivity index (χ4v) is 9.98. The normalized spacial score (nSPS) is 46.4. The van der Waals surface area contributed by atoms with Gasteiger partial charge in [-0.25, -0.2) is 0 Å². The molecule has 0 radical (unpaired) electrons. The van der Waals surface area contributed by atoms with Crippen LogP contribution in [0, 0.1) is 34.5 Å². The molecule has 5 heteroatoms. The molecular weight excluding hydrogens is 414 g/mol. The molecule has 0 aliphatic heterocycles. The summed E-state index contributed by atoms with van der Waals surface area (Å²) in [4.78, 5) is 0. The number of ether oxygens (including phenoxy) is 1. The van der Waals surface area contributed by atoms with E-state index in [0.29, 0.717) is 17.3 Å². The van der Waals surface area contributed by atoms with Gasteiger partial charge in [-0.2, -0.15) is 0 Å². The van der Waals surface area contributed by atoms with Crippen LogP contribution in [0.15, 0.2) is 10.6 Å². The van der Waals surface area contributed by atoms with Crippen LogP contribution in [0.3, 0.4) is 0 Å². The third-order valence-corrected chi connectivity index (χ3v) is 12.4. The summed E-state index contributed by atoms with van der Waals surface area (Å²) < 4.78 is 11.8. The molecule has 4 fully saturated rings. The van der Waals surface area contributed by atoms with E-state index in [9.17, 15) is 5.11 Å². The van der Waals surface area contributed by atoms with Gasteiger partial charge in [-0.1, -0.05) is 31.7 Å². The molecular formula is C27H45NO3Si. The minimum absolute atomic E-state index is 0.276. The number of hydrogen-bond acceptors (Lipinski definition) is 4. The maximum Gasteiger partial charge on any atom is 0.127 e. The molecule has 0 aromatic carbocycles. The van der Waals surface area contributed by atoms with Crippen molar-refractivity contribution < 1.29 is 14.4 Å². The van der Waals surface area contributed by atoms with E-state index in [1.165, 1.54) is 44.2 Å². The number of methoxy groups -OCH3 is 1. The second-order valence-electron chi connectivity index (χ2n) is 13.6. The Labute approximate surface area is 195 Å². The van der Waals surface area contributed by atoms with E-state index in [2.05, 4.69) is 44.7 Å². The van der Waals surface area contributed by atoms with Crippen molar-refractivity contribution in [1.82, 2.24) is 5.16 Å². The van der Waals surface area contributed by atoms with Gasteiger partial charge in [0.2, 0.25) is 0 Å². The van der Waals surface area contributed by atoms with Crippen molar-refractivity contribution in [2.24, 2.45) is 34.5 Å². The first-order valence-corrected chi connectivity index (χ1v) is 16.7. The Morgan fingerprint density at radius 1 is 1.06 bits per heavy atom. The first kappa shape index (κ1) is 23.1. The van der Waals surface area contributed by atoms with Gasteiger partial charge in [-0.15, -0.1) is 0 Å². The molecule has 180 valence electrons. The minimum Gasteiger partial charge on any atom is -0.390 e. The van der Waals surface area contributed by atoms with Crippen LogP contribution in [0.2, 0.25) is 19.6 Å².